The van der Waals surface area contributed by atoms with Crippen molar-refractivity contribution in [2.45, 2.75) is 31.1 Å². The number of H-pyrrole nitrogens is 1. The molecule has 0 aliphatic carbocycles. The van der Waals surface area contributed by atoms with Crippen molar-refractivity contribution in [2.75, 3.05) is 26.2 Å². The third-order valence-corrected chi connectivity index (χ3v) is 8.69. The maximum absolute atomic E-state index is 12.7. The van der Waals surface area contributed by atoms with E-state index < -0.39 is 10.0 Å². The minimum Gasteiger partial charge on any atom is -0.361 e. The highest BCUT2D eigenvalue weighted by Crippen LogP contribution is 2.31. The summed E-state index contributed by atoms with van der Waals surface area (Å²) in [6.07, 6.45) is 4.80. The maximum atomic E-state index is 12.7. The molecular weight excluding hydrogens is 496 g/mol. The largest absolute Gasteiger partial charge is 0.361 e. The second-order valence-electron chi connectivity index (χ2n) is 9.90. The van der Waals surface area contributed by atoms with Crippen LogP contribution in [0, 0.1) is 6.92 Å². The van der Waals surface area contributed by atoms with E-state index in [-0.39, 0.29) is 4.90 Å². The number of nitrogens with zero attached hydrogens (tertiary/aromatic N) is 4. The van der Waals surface area contributed by atoms with Gasteiger partial charge in [0.05, 0.1) is 10.4 Å². The molecule has 0 atom stereocenters. The van der Waals surface area contributed by atoms with Crippen molar-refractivity contribution >= 4 is 32.0 Å². The summed E-state index contributed by atoms with van der Waals surface area (Å²) in [5.41, 5.74) is 6.84. The van der Waals surface area contributed by atoms with Crippen LogP contribution in [0.15, 0.2) is 71.8 Å². The zero-order chi connectivity index (χ0) is 26.1. The average molecular weight is 527 g/mol. The fourth-order valence-electron chi connectivity index (χ4n) is 5.21. The molecule has 3 heterocycles. The maximum Gasteiger partial charge on any atom is 0.240 e. The van der Waals surface area contributed by atoms with Gasteiger partial charge in [-0.15, -0.1) is 10.2 Å². The van der Waals surface area contributed by atoms with E-state index in [0.29, 0.717) is 18.8 Å². The Morgan fingerprint density at radius 2 is 1.82 bits per heavy atom. The lowest BCUT2D eigenvalue weighted by atomic mass is 9.99. The normalized spacial score (nSPS) is 14.6. The Balaban J connectivity index is 1.17. The van der Waals surface area contributed by atoms with Crippen molar-refractivity contribution in [2.24, 2.45) is 0 Å². The van der Waals surface area contributed by atoms with Crippen molar-refractivity contribution in [1.82, 2.24) is 29.8 Å². The van der Waals surface area contributed by atoms with Gasteiger partial charge in [-0.3, -0.25) is 0 Å². The van der Waals surface area contributed by atoms with E-state index in [0.717, 1.165) is 63.8 Å². The Morgan fingerprint density at radius 3 is 2.63 bits per heavy atom. The van der Waals surface area contributed by atoms with Crippen LogP contribution in [-0.2, 0) is 16.4 Å². The minimum atomic E-state index is -3.54. The van der Waals surface area contributed by atoms with Gasteiger partial charge in [-0.25, -0.2) is 18.1 Å². The third-order valence-electron chi connectivity index (χ3n) is 7.22. The first-order valence-electron chi connectivity index (χ1n) is 13.0. The van der Waals surface area contributed by atoms with Crippen LogP contribution in [0.1, 0.15) is 29.8 Å². The van der Waals surface area contributed by atoms with Crippen LogP contribution < -0.4 is 4.72 Å². The third kappa shape index (κ3) is 5.05. The number of aromatic nitrogens is 4. The zero-order valence-corrected chi connectivity index (χ0v) is 22.1. The van der Waals surface area contributed by atoms with Crippen molar-refractivity contribution in [3.8, 4) is 11.1 Å². The summed E-state index contributed by atoms with van der Waals surface area (Å²) in [6.45, 7) is 5.30. The van der Waals surface area contributed by atoms with Gasteiger partial charge in [0.25, 0.3) is 0 Å². The first kappa shape index (κ1) is 24.7. The van der Waals surface area contributed by atoms with Gasteiger partial charge >= 0.3 is 0 Å². The molecule has 0 radical (unpaired) electrons. The van der Waals surface area contributed by atoms with E-state index in [9.17, 15) is 8.42 Å². The molecule has 1 fully saturated rings. The number of nitrogens with one attached hydrogen (secondary N) is 2. The Morgan fingerprint density at radius 1 is 1.00 bits per heavy atom. The molecule has 3 aromatic carbocycles. The van der Waals surface area contributed by atoms with Gasteiger partial charge in [0.1, 0.15) is 5.52 Å². The number of fused-ring (bicyclic) bond motifs is 2. The summed E-state index contributed by atoms with van der Waals surface area (Å²) < 4.78 is 28.1. The lowest BCUT2D eigenvalue weighted by Crippen LogP contribution is -2.33. The molecule has 5 aromatic rings. The van der Waals surface area contributed by atoms with Crippen LogP contribution in [-0.4, -0.2) is 59.7 Å². The smallest absolute Gasteiger partial charge is 0.240 e. The van der Waals surface area contributed by atoms with E-state index in [4.69, 9.17) is 4.98 Å². The van der Waals surface area contributed by atoms with E-state index >= 15 is 0 Å². The summed E-state index contributed by atoms with van der Waals surface area (Å²) in [4.78, 5) is 10.6. The Bertz CT molecular complexity index is 1710. The minimum absolute atomic E-state index is 0.265. The highest BCUT2D eigenvalue weighted by molar-refractivity contribution is 7.89. The molecule has 0 saturated carbocycles. The van der Waals surface area contributed by atoms with Gasteiger partial charge in [0.15, 0.2) is 5.82 Å². The van der Waals surface area contributed by atoms with Crippen molar-refractivity contribution in [3.05, 3.63) is 83.8 Å². The van der Waals surface area contributed by atoms with Crippen LogP contribution in [0.3, 0.4) is 0 Å². The molecule has 194 valence electrons. The molecule has 0 amide bonds. The van der Waals surface area contributed by atoms with Gasteiger partial charge in [0.2, 0.25) is 10.0 Å². The molecule has 0 bridgehead atoms. The van der Waals surface area contributed by atoms with Crippen LogP contribution in [0.5, 0.6) is 0 Å². The number of hydrogen-bond donors (Lipinski definition) is 2. The number of aryl methyl sites for hydroxylation is 1. The van der Waals surface area contributed by atoms with Crippen LogP contribution in [0.2, 0.25) is 0 Å². The van der Waals surface area contributed by atoms with Gasteiger partial charge in [0, 0.05) is 36.6 Å². The lowest BCUT2D eigenvalue weighted by molar-refractivity contribution is 0.344. The van der Waals surface area contributed by atoms with Crippen LogP contribution in [0.25, 0.3) is 33.1 Å². The quantitative estimate of drug-likeness (QED) is 0.310. The number of rotatable bonds is 8. The Hall–Kier alpha value is -3.66. The van der Waals surface area contributed by atoms with E-state index in [1.54, 1.807) is 12.1 Å². The number of benzene rings is 3. The summed E-state index contributed by atoms with van der Waals surface area (Å²) in [5, 5.41) is 10.0. The standard InChI is InChI=1S/C29H30N6O2S/c1-20-17-22(24-5-4-6-26-25(24)11-12-30-26)19-27-29(20)32-28(34-33-27)18-21-7-9-23(10-8-21)38(36,37)31-13-16-35-14-2-3-15-35/h4-12,17,19,30-31H,2-3,13-16,18H2,1H3. The summed E-state index contributed by atoms with van der Waals surface area (Å²) >= 11 is 0. The van der Waals surface area contributed by atoms with Crippen LogP contribution >= 0.6 is 0 Å². The molecule has 1 saturated heterocycles. The average Bonchev–Trinajstić information content (AvgIpc) is 3.61. The molecule has 0 spiro atoms. The van der Waals surface area contributed by atoms with Crippen molar-refractivity contribution in [3.63, 3.8) is 0 Å². The van der Waals surface area contributed by atoms with Crippen molar-refractivity contribution in [1.29, 1.82) is 0 Å². The van der Waals surface area contributed by atoms with Gasteiger partial charge in [-0.2, -0.15) is 0 Å². The molecular formula is C29H30N6O2S. The summed E-state index contributed by atoms with van der Waals surface area (Å²) in [5.74, 6) is 0.598. The lowest BCUT2D eigenvalue weighted by Gasteiger charge is -2.15. The molecule has 8 nitrogen and oxygen atoms in total. The molecule has 38 heavy (non-hydrogen) atoms. The number of sulfonamides is 1. The fraction of sp³-hybridized carbons (Fsp3) is 0.276. The second kappa shape index (κ2) is 10.2. The van der Waals surface area contributed by atoms with E-state index in [1.807, 2.05) is 37.4 Å². The second-order valence-corrected chi connectivity index (χ2v) is 11.7. The number of likely N-dealkylation sites (tertiary alicyclic amines) is 1. The first-order chi connectivity index (χ1) is 18.5. The molecule has 2 N–H and O–H groups in total. The summed E-state index contributed by atoms with van der Waals surface area (Å²) in [6, 6.07) is 19.4. The van der Waals surface area contributed by atoms with Crippen LogP contribution in [0.4, 0.5) is 0 Å². The Kier molecular flexibility index (Phi) is 6.65. The summed E-state index contributed by atoms with van der Waals surface area (Å²) in [7, 11) is -3.54. The topological polar surface area (TPSA) is 104 Å². The molecule has 1 aliphatic heterocycles. The monoisotopic (exact) mass is 526 g/mol. The van der Waals surface area contributed by atoms with E-state index in [1.165, 1.54) is 12.8 Å². The molecule has 2 aromatic heterocycles. The predicted octanol–water partition coefficient (Wildman–Crippen LogP) is 4.45. The fourth-order valence-corrected chi connectivity index (χ4v) is 6.23. The highest BCUT2D eigenvalue weighted by Gasteiger charge is 2.16. The Labute approximate surface area is 222 Å². The number of aromatic amines is 1. The predicted molar refractivity (Wildman–Crippen MR) is 149 cm³/mol. The van der Waals surface area contributed by atoms with E-state index in [2.05, 4.69) is 49.1 Å². The highest BCUT2D eigenvalue weighted by atomic mass is 32.2. The molecule has 1 aliphatic rings. The van der Waals surface area contributed by atoms with Crippen molar-refractivity contribution < 1.29 is 8.42 Å². The molecule has 9 heteroatoms. The van der Waals surface area contributed by atoms with Gasteiger partial charge in [-0.05, 0) is 91.5 Å². The SMILES string of the molecule is Cc1cc(-c2cccc3[nH]ccc23)cc2nnc(Cc3ccc(S(=O)(=O)NCCN4CCCC4)cc3)nc12. The van der Waals surface area contributed by atoms with Gasteiger partial charge in [-0.1, -0.05) is 24.3 Å². The number of hydrogen-bond acceptors (Lipinski definition) is 6. The molecule has 0 unspecified atom stereocenters. The molecule has 6 rings (SSSR count). The first-order valence-corrected chi connectivity index (χ1v) is 14.5. The zero-order valence-electron chi connectivity index (χ0n) is 21.3. The van der Waals surface area contributed by atoms with Gasteiger partial charge < -0.3 is 9.88 Å².